The largest absolute Gasteiger partial charge is 0.465 e. The monoisotopic (exact) mass is 311 g/mol. The minimum absolute atomic E-state index is 0.328. The maximum Gasteiger partial charge on any atom is 0.338 e. The minimum Gasteiger partial charge on any atom is -0.465 e. The molecule has 0 spiro atoms. The van der Waals surface area contributed by atoms with E-state index in [-0.39, 0.29) is 5.97 Å². The van der Waals surface area contributed by atoms with Gasteiger partial charge in [0.2, 0.25) is 0 Å². The molecule has 6 heteroatoms. The number of aromatic nitrogens is 2. The lowest BCUT2D eigenvalue weighted by atomic mass is 10.1. The van der Waals surface area contributed by atoms with E-state index in [0.717, 1.165) is 16.0 Å². The summed E-state index contributed by atoms with van der Waals surface area (Å²) in [7, 11) is 3.27. The van der Waals surface area contributed by atoms with E-state index in [0.29, 0.717) is 12.1 Å². The van der Waals surface area contributed by atoms with Gasteiger partial charge in [-0.2, -0.15) is 5.10 Å². The number of methoxy groups -OCH3 is 1. The van der Waals surface area contributed by atoms with E-state index in [1.165, 1.54) is 7.11 Å². The number of anilines is 1. The van der Waals surface area contributed by atoms with Crippen LogP contribution in [-0.2, 0) is 16.6 Å². The van der Waals surface area contributed by atoms with Gasteiger partial charge in [0.05, 0.1) is 23.4 Å². The summed E-state index contributed by atoms with van der Waals surface area (Å²) in [5.74, 6) is 0.649. The molecule has 96 valence electrons. The van der Waals surface area contributed by atoms with E-state index in [1.54, 1.807) is 10.9 Å². The fraction of sp³-hybridized carbons (Fsp3) is 0.333. The van der Waals surface area contributed by atoms with Crippen LogP contribution in [0.4, 0.5) is 5.82 Å². The van der Waals surface area contributed by atoms with Gasteiger partial charge in [0.25, 0.3) is 0 Å². The molecule has 1 aliphatic rings. The summed E-state index contributed by atoms with van der Waals surface area (Å²) < 4.78 is 7.29. The second-order valence-electron chi connectivity index (χ2n) is 3.93. The van der Waals surface area contributed by atoms with Gasteiger partial charge in [0.15, 0.2) is 0 Å². The molecule has 0 saturated carbocycles. The number of esters is 1. The standard InChI is InChI=1S/C12H14BrN3O2/c1-8-11(13)9(12(17)18-3)5-7-16(8)10-4-6-14-15(10)2/h4-6H,7H2,1-3H3. The summed E-state index contributed by atoms with van der Waals surface area (Å²) in [4.78, 5) is 13.7. The topological polar surface area (TPSA) is 47.4 Å². The second kappa shape index (κ2) is 4.97. The first-order valence-corrected chi connectivity index (χ1v) is 6.26. The Morgan fingerprint density at radius 1 is 1.56 bits per heavy atom. The van der Waals surface area contributed by atoms with E-state index >= 15 is 0 Å². The van der Waals surface area contributed by atoms with E-state index < -0.39 is 0 Å². The molecule has 0 fully saturated rings. The average molecular weight is 312 g/mol. The van der Waals surface area contributed by atoms with Crippen molar-refractivity contribution in [1.82, 2.24) is 9.78 Å². The van der Waals surface area contributed by atoms with E-state index in [2.05, 4.69) is 25.9 Å². The molecule has 0 bridgehead atoms. The highest BCUT2D eigenvalue weighted by molar-refractivity contribution is 9.12. The molecule has 0 saturated heterocycles. The first kappa shape index (κ1) is 12.9. The Hall–Kier alpha value is -1.56. The molecule has 0 amide bonds. The lowest BCUT2D eigenvalue weighted by molar-refractivity contribution is -0.135. The summed E-state index contributed by atoms with van der Waals surface area (Å²) in [6.07, 6.45) is 3.59. The highest BCUT2D eigenvalue weighted by Crippen LogP contribution is 2.31. The molecule has 0 atom stereocenters. The molecule has 2 heterocycles. The van der Waals surface area contributed by atoms with Gasteiger partial charge in [-0.15, -0.1) is 0 Å². The Morgan fingerprint density at radius 2 is 2.28 bits per heavy atom. The fourth-order valence-corrected chi connectivity index (χ4v) is 2.44. The quantitative estimate of drug-likeness (QED) is 0.783. The Kier molecular flexibility index (Phi) is 3.56. The van der Waals surface area contributed by atoms with Gasteiger partial charge in [-0.25, -0.2) is 4.79 Å². The van der Waals surface area contributed by atoms with Crippen LogP contribution in [0.25, 0.3) is 0 Å². The van der Waals surface area contributed by atoms with E-state index in [4.69, 9.17) is 4.74 Å². The summed E-state index contributed by atoms with van der Waals surface area (Å²) in [5, 5.41) is 4.15. The molecular weight excluding hydrogens is 298 g/mol. The van der Waals surface area contributed by atoms with Crippen molar-refractivity contribution in [2.75, 3.05) is 18.6 Å². The Balaban J connectivity index is 2.35. The third-order valence-electron chi connectivity index (χ3n) is 2.91. The van der Waals surface area contributed by atoms with Crippen LogP contribution >= 0.6 is 15.9 Å². The van der Waals surface area contributed by atoms with Crippen LogP contribution in [0.1, 0.15) is 6.92 Å². The van der Waals surface area contributed by atoms with Crippen LogP contribution in [0, 0.1) is 0 Å². The van der Waals surface area contributed by atoms with Crippen LogP contribution < -0.4 is 4.90 Å². The Bertz CT molecular complexity index is 545. The van der Waals surface area contributed by atoms with Gasteiger partial charge in [0, 0.05) is 25.4 Å². The second-order valence-corrected chi connectivity index (χ2v) is 4.73. The van der Waals surface area contributed by atoms with Gasteiger partial charge in [-0.3, -0.25) is 4.68 Å². The number of ether oxygens (including phenoxy) is 1. The first-order chi connectivity index (χ1) is 8.56. The van der Waals surface area contributed by atoms with Crippen molar-refractivity contribution >= 4 is 27.7 Å². The van der Waals surface area contributed by atoms with Crippen LogP contribution in [0.15, 0.2) is 34.1 Å². The molecular formula is C12H14BrN3O2. The predicted molar refractivity (Wildman–Crippen MR) is 72.3 cm³/mol. The number of carbonyl (C=O) groups excluding carboxylic acids is 1. The predicted octanol–water partition coefficient (Wildman–Crippen LogP) is 1.97. The molecule has 0 unspecified atom stereocenters. The molecule has 5 nitrogen and oxygen atoms in total. The fourth-order valence-electron chi connectivity index (χ4n) is 1.90. The van der Waals surface area contributed by atoms with Crippen molar-refractivity contribution in [3.8, 4) is 0 Å². The van der Waals surface area contributed by atoms with Crippen LogP contribution in [0.2, 0.25) is 0 Å². The van der Waals surface area contributed by atoms with Crippen LogP contribution in [0.5, 0.6) is 0 Å². The molecule has 1 aromatic heterocycles. The van der Waals surface area contributed by atoms with Gasteiger partial charge >= 0.3 is 5.97 Å². The number of allylic oxidation sites excluding steroid dienone is 1. The van der Waals surface area contributed by atoms with Gasteiger partial charge < -0.3 is 9.64 Å². The molecule has 2 rings (SSSR count). The van der Waals surface area contributed by atoms with Crippen molar-refractivity contribution in [3.05, 3.63) is 34.1 Å². The van der Waals surface area contributed by atoms with Crippen molar-refractivity contribution in [2.45, 2.75) is 6.92 Å². The number of nitrogens with zero attached hydrogens (tertiary/aromatic N) is 3. The van der Waals surface area contributed by atoms with Crippen molar-refractivity contribution in [3.63, 3.8) is 0 Å². The molecule has 1 aromatic rings. The molecule has 18 heavy (non-hydrogen) atoms. The van der Waals surface area contributed by atoms with Crippen molar-refractivity contribution < 1.29 is 9.53 Å². The zero-order valence-corrected chi connectivity index (χ0v) is 12.1. The molecule has 1 aliphatic heterocycles. The SMILES string of the molecule is COC(=O)C1=CCN(c2ccnn2C)C(C)=C1Br. The number of hydrogen-bond acceptors (Lipinski definition) is 4. The number of aryl methyl sites for hydroxylation is 1. The average Bonchev–Trinajstić information content (AvgIpc) is 2.78. The summed E-state index contributed by atoms with van der Waals surface area (Å²) in [6, 6.07) is 1.93. The van der Waals surface area contributed by atoms with E-state index in [9.17, 15) is 4.79 Å². The zero-order chi connectivity index (χ0) is 13.3. The smallest absolute Gasteiger partial charge is 0.338 e. The number of carbonyl (C=O) groups is 1. The highest BCUT2D eigenvalue weighted by Gasteiger charge is 2.24. The third-order valence-corrected chi connectivity index (χ3v) is 3.91. The summed E-state index contributed by atoms with van der Waals surface area (Å²) in [5.41, 5.74) is 1.52. The molecule has 0 N–H and O–H groups in total. The molecule has 0 aromatic carbocycles. The third kappa shape index (κ3) is 2.08. The van der Waals surface area contributed by atoms with Crippen molar-refractivity contribution in [1.29, 1.82) is 0 Å². The first-order valence-electron chi connectivity index (χ1n) is 5.47. The van der Waals surface area contributed by atoms with E-state index in [1.807, 2.05) is 26.1 Å². The minimum atomic E-state index is -0.328. The van der Waals surface area contributed by atoms with Crippen LogP contribution in [0.3, 0.4) is 0 Å². The highest BCUT2D eigenvalue weighted by atomic mass is 79.9. The molecule has 0 radical (unpaired) electrons. The van der Waals surface area contributed by atoms with Gasteiger partial charge in [-0.05, 0) is 28.9 Å². The number of halogens is 1. The van der Waals surface area contributed by atoms with Gasteiger partial charge in [0.1, 0.15) is 5.82 Å². The lowest BCUT2D eigenvalue weighted by Gasteiger charge is -2.28. The maximum absolute atomic E-state index is 11.6. The number of hydrogen-bond donors (Lipinski definition) is 0. The zero-order valence-electron chi connectivity index (χ0n) is 10.5. The Labute approximate surface area is 114 Å². The van der Waals surface area contributed by atoms with Crippen LogP contribution in [-0.4, -0.2) is 29.4 Å². The Morgan fingerprint density at radius 3 is 2.83 bits per heavy atom. The summed E-state index contributed by atoms with van der Waals surface area (Å²) in [6.45, 7) is 2.57. The normalized spacial score (nSPS) is 15.8. The molecule has 0 aliphatic carbocycles. The lowest BCUT2D eigenvalue weighted by Crippen LogP contribution is -2.28. The van der Waals surface area contributed by atoms with Gasteiger partial charge in [-0.1, -0.05) is 0 Å². The maximum atomic E-state index is 11.6. The summed E-state index contributed by atoms with van der Waals surface area (Å²) >= 11 is 3.45. The van der Waals surface area contributed by atoms with Crippen molar-refractivity contribution in [2.24, 2.45) is 7.05 Å². The number of rotatable bonds is 2.